The van der Waals surface area contributed by atoms with Crippen LogP contribution < -0.4 is 18.9 Å². The smallest absolute Gasteiger partial charge is 0.273 e. The van der Waals surface area contributed by atoms with Crippen LogP contribution in [0.3, 0.4) is 0 Å². The van der Waals surface area contributed by atoms with Crippen LogP contribution in [0.2, 0.25) is 19.6 Å². The van der Waals surface area contributed by atoms with Gasteiger partial charge in [0.15, 0.2) is 0 Å². The van der Waals surface area contributed by atoms with E-state index in [4.69, 9.17) is 5.26 Å². The summed E-state index contributed by atoms with van der Waals surface area (Å²) < 4.78 is 0. The molecule has 0 amide bonds. The van der Waals surface area contributed by atoms with E-state index in [1.54, 1.807) is 6.08 Å². The summed E-state index contributed by atoms with van der Waals surface area (Å²) >= 11 is 0. The summed E-state index contributed by atoms with van der Waals surface area (Å²) in [6.45, 7) is 10.1. The number of hydrogen-bond acceptors (Lipinski definition) is 1. The molecule has 0 saturated carbocycles. The van der Waals surface area contributed by atoms with Crippen molar-refractivity contribution in [1.29, 1.82) is 5.26 Å². The van der Waals surface area contributed by atoms with E-state index in [-0.39, 0.29) is 18.9 Å². The predicted molar refractivity (Wildman–Crippen MR) is 47.0 cm³/mol. The first-order chi connectivity index (χ1) is 4.52. The van der Waals surface area contributed by atoms with Gasteiger partial charge in [-0.2, -0.15) is 0 Å². The molecular formula is C8H14LiNSi. The molecule has 0 fully saturated rings. The largest absolute Gasteiger partial charge is 1.00 e. The van der Waals surface area contributed by atoms with Crippen molar-refractivity contribution >= 4 is 8.07 Å². The third-order valence-electron chi connectivity index (χ3n) is 1.39. The second-order valence-corrected chi connectivity index (χ2v) is 8.44. The zero-order valence-corrected chi connectivity index (χ0v) is 8.94. The molecule has 0 heterocycles. The Morgan fingerprint density at radius 3 is 2.09 bits per heavy atom. The molecule has 1 nitrogen and oxygen atoms in total. The molecule has 0 saturated heterocycles. The fourth-order valence-corrected chi connectivity index (χ4v) is 1.76. The second-order valence-electron chi connectivity index (χ2n) is 3.33. The monoisotopic (exact) mass is 159 g/mol. The average Bonchev–Trinajstić information content (AvgIpc) is 1.80. The second kappa shape index (κ2) is 5.55. The normalized spacial score (nSPS) is 9.27. The molecule has 0 aliphatic heterocycles. The van der Waals surface area contributed by atoms with Gasteiger partial charge >= 0.3 is 18.9 Å². The molecule has 0 N–H and O–H groups in total. The molecule has 0 aliphatic rings. The van der Waals surface area contributed by atoms with Gasteiger partial charge in [0.2, 0.25) is 0 Å². The summed E-state index contributed by atoms with van der Waals surface area (Å²) in [5, 5.41) is 8.69. The summed E-state index contributed by atoms with van der Waals surface area (Å²) in [6, 6.07) is 2.25. The summed E-state index contributed by atoms with van der Waals surface area (Å²) in [7, 11) is -1.32. The van der Waals surface area contributed by atoms with Crippen molar-refractivity contribution in [2.75, 3.05) is 0 Å². The van der Waals surface area contributed by atoms with Gasteiger partial charge in [0, 0.05) is 0 Å². The van der Waals surface area contributed by atoms with E-state index in [0.717, 1.165) is 12.0 Å². The van der Waals surface area contributed by atoms with E-state index in [9.17, 15) is 0 Å². The minimum atomic E-state index is -1.32. The Morgan fingerprint density at radius 2 is 2.00 bits per heavy atom. The molecule has 0 spiro atoms. The van der Waals surface area contributed by atoms with Gasteiger partial charge < -0.3 is 0 Å². The topological polar surface area (TPSA) is 23.8 Å². The van der Waals surface area contributed by atoms with Crippen LogP contribution in [0.25, 0.3) is 0 Å². The van der Waals surface area contributed by atoms with E-state index in [0.29, 0.717) is 0 Å². The average molecular weight is 159 g/mol. The van der Waals surface area contributed by atoms with E-state index in [1.165, 1.54) is 0 Å². The SMILES string of the molecule is C=CC[C-](C#N)[Si](C)(C)C.[Li+]. The molecule has 0 radical (unpaired) electrons. The minimum absolute atomic E-state index is 0. The molecule has 0 aliphatic carbocycles. The van der Waals surface area contributed by atoms with Crippen LogP contribution in [0.15, 0.2) is 12.7 Å². The van der Waals surface area contributed by atoms with Gasteiger partial charge in [-0.3, -0.25) is 5.54 Å². The van der Waals surface area contributed by atoms with E-state index in [2.05, 4.69) is 32.3 Å². The Hall–Kier alpha value is -0.0857. The van der Waals surface area contributed by atoms with Crippen molar-refractivity contribution in [3.63, 3.8) is 0 Å². The molecule has 3 heteroatoms. The first-order valence-electron chi connectivity index (χ1n) is 3.39. The van der Waals surface area contributed by atoms with E-state index >= 15 is 0 Å². The zero-order valence-electron chi connectivity index (χ0n) is 7.94. The van der Waals surface area contributed by atoms with Gasteiger partial charge in [0.25, 0.3) is 0 Å². The van der Waals surface area contributed by atoms with Gasteiger partial charge in [0.05, 0.1) is 0 Å². The fraction of sp³-hybridized carbons (Fsp3) is 0.500. The number of nitriles is 1. The molecule has 11 heavy (non-hydrogen) atoms. The molecule has 0 rings (SSSR count). The van der Waals surface area contributed by atoms with Crippen LogP contribution in [-0.4, -0.2) is 8.07 Å². The van der Waals surface area contributed by atoms with Gasteiger partial charge in [-0.25, -0.2) is 5.26 Å². The van der Waals surface area contributed by atoms with Crippen LogP contribution in [0, 0.1) is 16.9 Å². The van der Waals surface area contributed by atoms with Crippen molar-refractivity contribution in [3.05, 3.63) is 18.2 Å². The van der Waals surface area contributed by atoms with Gasteiger partial charge in [0.1, 0.15) is 0 Å². The summed E-state index contributed by atoms with van der Waals surface area (Å²) in [5.41, 5.74) is 1.03. The van der Waals surface area contributed by atoms with Gasteiger partial charge in [-0.15, -0.1) is 25.1 Å². The predicted octanol–water partition coefficient (Wildman–Crippen LogP) is -0.458. The van der Waals surface area contributed by atoms with E-state index < -0.39 is 8.07 Å². The summed E-state index contributed by atoms with van der Waals surface area (Å²) in [5.74, 6) is 0. The Kier molecular flexibility index (Phi) is 6.81. The maximum Gasteiger partial charge on any atom is 1.00 e. The maximum absolute atomic E-state index is 8.69. The third kappa shape index (κ3) is 5.21. The van der Waals surface area contributed by atoms with Gasteiger partial charge in [-0.05, 0) is 0 Å². The Balaban J connectivity index is 0. The van der Waals surface area contributed by atoms with Crippen LogP contribution in [0.5, 0.6) is 0 Å². The van der Waals surface area contributed by atoms with E-state index in [1.807, 2.05) is 0 Å². The van der Waals surface area contributed by atoms with Crippen molar-refractivity contribution in [1.82, 2.24) is 0 Å². The molecule has 0 aromatic rings. The summed E-state index contributed by atoms with van der Waals surface area (Å²) in [6.07, 6.45) is 2.57. The number of hydrogen-bond donors (Lipinski definition) is 0. The fourth-order valence-electron chi connectivity index (χ4n) is 0.664. The standard InChI is InChI=1S/C8H14NSi.Li/c1-5-6-8(7-9)10(2,3)4;/h5H,1,6H2,2-4H3;/q-1;+1. The molecule has 56 valence electrons. The minimum Gasteiger partial charge on any atom is -0.273 e. The van der Waals surface area contributed by atoms with Gasteiger partial charge in [-0.1, -0.05) is 27.7 Å². The van der Waals surface area contributed by atoms with Crippen LogP contribution in [0.4, 0.5) is 0 Å². The molecule has 0 unspecified atom stereocenters. The van der Waals surface area contributed by atoms with Crippen molar-refractivity contribution in [2.45, 2.75) is 26.1 Å². The molecule has 0 aromatic carbocycles. The van der Waals surface area contributed by atoms with Crippen molar-refractivity contribution in [3.8, 4) is 6.07 Å². The third-order valence-corrected chi connectivity index (χ3v) is 3.52. The maximum atomic E-state index is 8.69. The molecule has 0 bridgehead atoms. The first-order valence-corrected chi connectivity index (χ1v) is 6.89. The van der Waals surface area contributed by atoms with Crippen LogP contribution in [0.1, 0.15) is 6.42 Å². The Bertz CT molecular complexity index is 154. The van der Waals surface area contributed by atoms with Crippen molar-refractivity contribution in [2.24, 2.45) is 0 Å². The molecular weight excluding hydrogens is 145 g/mol. The Morgan fingerprint density at radius 1 is 1.55 bits per heavy atom. The Labute approximate surface area is 82.7 Å². The van der Waals surface area contributed by atoms with Crippen molar-refractivity contribution < 1.29 is 18.9 Å². The number of nitrogens with zero attached hydrogens (tertiary/aromatic N) is 1. The first kappa shape index (κ1) is 13.5. The number of allylic oxidation sites excluding steroid dienone is 1. The molecule has 0 atom stereocenters. The summed E-state index contributed by atoms with van der Waals surface area (Å²) in [4.78, 5) is 0. The molecule has 0 aromatic heterocycles. The zero-order chi connectivity index (χ0) is 8.20. The number of rotatable bonds is 3. The quantitative estimate of drug-likeness (QED) is 0.310. The van der Waals surface area contributed by atoms with Crippen LogP contribution >= 0.6 is 0 Å². The van der Waals surface area contributed by atoms with Crippen LogP contribution in [-0.2, 0) is 0 Å².